The number of carboxylic acids is 1. The molecule has 0 radical (unpaired) electrons. The molecule has 2 amide bonds. The van der Waals surface area contributed by atoms with E-state index in [4.69, 9.17) is 9.47 Å². The minimum absolute atomic E-state index is 0.0580. The zero-order chi connectivity index (χ0) is 24.9. The van der Waals surface area contributed by atoms with Gasteiger partial charge in [-0.1, -0.05) is 62.4 Å². The standard InChI is InChI=1S/C26H32N2O6/c1-16(2)21(23(29)30)13-27-24(31)26(3,15-33-4)28-25(32)34-14-22-19-11-7-5-9-17(19)18-10-6-8-12-20(18)22/h5-12,16,21-22H,13-15H2,1-4H3,(H,27,31)(H,28,32)(H,29,30). The molecule has 0 saturated carbocycles. The molecule has 2 aromatic rings. The monoisotopic (exact) mass is 468 g/mol. The average molecular weight is 469 g/mol. The molecule has 2 aromatic carbocycles. The molecule has 2 atom stereocenters. The number of benzene rings is 2. The average Bonchev–Trinajstić information content (AvgIpc) is 3.11. The van der Waals surface area contributed by atoms with Crippen molar-refractivity contribution < 1.29 is 29.0 Å². The molecule has 0 fully saturated rings. The molecule has 8 nitrogen and oxygen atoms in total. The van der Waals surface area contributed by atoms with Crippen LogP contribution in [0.4, 0.5) is 4.79 Å². The fourth-order valence-electron chi connectivity index (χ4n) is 4.31. The van der Waals surface area contributed by atoms with E-state index in [-0.39, 0.29) is 31.6 Å². The Morgan fingerprint density at radius 2 is 1.59 bits per heavy atom. The van der Waals surface area contributed by atoms with Gasteiger partial charge in [0.15, 0.2) is 0 Å². The van der Waals surface area contributed by atoms with Crippen LogP contribution in [0.2, 0.25) is 0 Å². The number of nitrogens with one attached hydrogen (secondary N) is 2. The number of fused-ring (bicyclic) bond motifs is 3. The highest BCUT2D eigenvalue weighted by Crippen LogP contribution is 2.44. The zero-order valence-corrected chi connectivity index (χ0v) is 20.0. The van der Waals surface area contributed by atoms with Gasteiger partial charge in [-0.15, -0.1) is 0 Å². The molecule has 8 heteroatoms. The molecule has 1 aliphatic carbocycles. The van der Waals surface area contributed by atoms with Crippen LogP contribution in [0.25, 0.3) is 11.1 Å². The first-order valence-electron chi connectivity index (χ1n) is 11.3. The minimum Gasteiger partial charge on any atom is -0.481 e. The van der Waals surface area contributed by atoms with Crippen LogP contribution in [0.1, 0.15) is 37.8 Å². The van der Waals surface area contributed by atoms with Crippen LogP contribution in [-0.2, 0) is 19.1 Å². The number of alkyl carbamates (subject to hydrolysis) is 1. The van der Waals surface area contributed by atoms with Crippen LogP contribution in [0.5, 0.6) is 0 Å². The summed E-state index contributed by atoms with van der Waals surface area (Å²) in [6, 6.07) is 16.0. The van der Waals surface area contributed by atoms with E-state index in [1.807, 2.05) is 36.4 Å². The molecular formula is C26H32N2O6. The van der Waals surface area contributed by atoms with E-state index in [1.54, 1.807) is 13.8 Å². The van der Waals surface area contributed by atoms with E-state index in [2.05, 4.69) is 22.8 Å². The van der Waals surface area contributed by atoms with Gasteiger partial charge in [0.2, 0.25) is 5.91 Å². The number of aliphatic carboxylic acids is 1. The summed E-state index contributed by atoms with van der Waals surface area (Å²) >= 11 is 0. The second kappa shape index (κ2) is 10.7. The molecule has 0 aromatic heterocycles. The molecule has 34 heavy (non-hydrogen) atoms. The largest absolute Gasteiger partial charge is 0.481 e. The first-order chi connectivity index (χ1) is 16.2. The van der Waals surface area contributed by atoms with E-state index in [0.29, 0.717) is 0 Å². The van der Waals surface area contributed by atoms with Crippen LogP contribution in [0, 0.1) is 11.8 Å². The number of carbonyl (C=O) groups excluding carboxylic acids is 2. The molecule has 2 unspecified atom stereocenters. The van der Waals surface area contributed by atoms with Gasteiger partial charge in [0.1, 0.15) is 12.1 Å². The molecule has 0 saturated heterocycles. The molecule has 0 spiro atoms. The predicted octanol–water partition coefficient (Wildman–Crippen LogP) is 3.40. The Hall–Kier alpha value is -3.39. The molecular weight excluding hydrogens is 436 g/mol. The molecule has 3 rings (SSSR count). The first-order valence-corrected chi connectivity index (χ1v) is 11.3. The van der Waals surface area contributed by atoms with Crippen molar-refractivity contribution in [2.75, 3.05) is 26.9 Å². The van der Waals surface area contributed by atoms with Gasteiger partial charge in [0, 0.05) is 19.6 Å². The Kier molecular flexibility index (Phi) is 7.94. The lowest BCUT2D eigenvalue weighted by Gasteiger charge is -2.29. The summed E-state index contributed by atoms with van der Waals surface area (Å²) in [7, 11) is 1.42. The Balaban J connectivity index is 1.66. The predicted molar refractivity (Wildman–Crippen MR) is 127 cm³/mol. The van der Waals surface area contributed by atoms with Crippen LogP contribution in [-0.4, -0.2) is 55.5 Å². The van der Waals surface area contributed by atoms with Gasteiger partial charge in [-0.3, -0.25) is 9.59 Å². The van der Waals surface area contributed by atoms with Crippen molar-refractivity contribution in [3.05, 3.63) is 59.7 Å². The van der Waals surface area contributed by atoms with Gasteiger partial charge >= 0.3 is 12.1 Å². The smallest absolute Gasteiger partial charge is 0.408 e. The number of amides is 2. The van der Waals surface area contributed by atoms with Crippen molar-refractivity contribution in [3.63, 3.8) is 0 Å². The summed E-state index contributed by atoms with van der Waals surface area (Å²) < 4.78 is 10.7. The third kappa shape index (κ3) is 5.39. The van der Waals surface area contributed by atoms with Gasteiger partial charge < -0.3 is 25.2 Å². The maximum Gasteiger partial charge on any atom is 0.408 e. The fraction of sp³-hybridized carbons (Fsp3) is 0.423. The van der Waals surface area contributed by atoms with E-state index in [0.717, 1.165) is 22.3 Å². The van der Waals surface area contributed by atoms with Crippen LogP contribution >= 0.6 is 0 Å². The van der Waals surface area contributed by atoms with Crippen LogP contribution in [0.15, 0.2) is 48.5 Å². The lowest BCUT2D eigenvalue weighted by atomic mass is 9.95. The summed E-state index contributed by atoms with van der Waals surface area (Å²) in [6.45, 7) is 5.00. The summed E-state index contributed by atoms with van der Waals surface area (Å²) in [4.78, 5) is 37.0. The second-order valence-corrected chi connectivity index (χ2v) is 9.11. The van der Waals surface area contributed by atoms with Crippen molar-refractivity contribution >= 4 is 18.0 Å². The second-order valence-electron chi connectivity index (χ2n) is 9.11. The Labute approximate surface area is 199 Å². The normalized spacial score (nSPS) is 15.1. The van der Waals surface area contributed by atoms with Crippen molar-refractivity contribution in [1.29, 1.82) is 0 Å². The maximum absolute atomic E-state index is 12.9. The number of hydrogen-bond donors (Lipinski definition) is 3. The molecule has 1 aliphatic rings. The zero-order valence-electron chi connectivity index (χ0n) is 20.0. The number of methoxy groups -OCH3 is 1. The van der Waals surface area contributed by atoms with Crippen LogP contribution < -0.4 is 10.6 Å². The number of rotatable bonds is 10. The van der Waals surface area contributed by atoms with Gasteiger partial charge in [-0.25, -0.2) is 4.79 Å². The van der Waals surface area contributed by atoms with E-state index in [1.165, 1.54) is 14.0 Å². The molecule has 3 N–H and O–H groups in total. The Morgan fingerprint density at radius 3 is 2.09 bits per heavy atom. The summed E-state index contributed by atoms with van der Waals surface area (Å²) in [6.07, 6.45) is -0.754. The minimum atomic E-state index is -1.43. The lowest BCUT2D eigenvalue weighted by molar-refractivity contribution is -0.143. The first kappa shape index (κ1) is 25.2. The molecule has 0 bridgehead atoms. The number of carbonyl (C=O) groups is 3. The number of hydrogen-bond acceptors (Lipinski definition) is 5. The van der Waals surface area contributed by atoms with Crippen molar-refractivity contribution in [1.82, 2.24) is 10.6 Å². The highest BCUT2D eigenvalue weighted by molar-refractivity contribution is 5.90. The van der Waals surface area contributed by atoms with Gasteiger partial charge in [0.25, 0.3) is 0 Å². The molecule has 0 heterocycles. The number of ether oxygens (including phenoxy) is 2. The van der Waals surface area contributed by atoms with Gasteiger partial charge in [-0.05, 0) is 35.1 Å². The Bertz CT molecular complexity index is 1010. The summed E-state index contributed by atoms with van der Waals surface area (Å²) in [5.41, 5.74) is 2.98. The van der Waals surface area contributed by atoms with Crippen molar-refractivity contribution in [3.8, 4) is 11.1 Å². The third-order valence-electron chi connectivity index (χ3n) is 6.26. The van der Waals surface area contributed by atoms with Crippen molar-refractivity contribution in [2.24, 2.45) is 11.8 Å². The lowest BCUT2D eigenvalue weighted by Crippen LogP contribution is -2.60. The fourth-order valence-corrected chi connectivity index (χ4v) is 4.31. The quantitative estimate of drug-likeness (QED) is 0.492. The SMILES string of the molecule is COCC(C)(NC(=O)OCC1c2ccccc2-c2ccccc21)C(=O)NCC(C(=O)O)C(C)C. The highest BCUT2D eigenvalue weighted by atomic mass is 16.5. The summed E-state index contributed by atoms with van der Waals surface area (Å²) in [5, 5.41) is 14.6. The maximum atomic E-state index is 12.9. The van der Waals surface area contributed by atoms with E-state index >= 15 is 0 Å². The van der Waals surface area contributed by atoms with E-state index < -0.39 is 29.4 Å². The summed E-state index contributed by atoms with van der Waals surface area (Å²) in [5.74, 6) is -2.56. The molecule has 182 valence electrons. The van der Waals surface area contributed by atoms with Gasteiger partial charge in [0.05, 0.1) is 12.5 Å². The highest BCUT2D eigenvalue weighted by Gasteiger charge is 2.37. The Morgan fingerprint density at radius 1 is 1.03 bits per heavy atom. The van der Waals surface area contributed by atoms with Crippen molar-refractivity contribution in [2.45, 2.75) is 32.2 Å². The molecule has 0 aliphatic heterocycles. The van der Waals surface area contributed by atoms with Crippen LogP contribution in [0.3, 0.4) is 0 Å². The van der Waals surface area contributed by atoms with E-state index in [9.17, 15) is 19.5 Å². The van der Waals surface area contributed by atoms with Gasteiger partial charge in [-0.2, -0.15) is 0 Å². The third-order valence-corrected chi connectivity index (χ3v) is 6.26. The number of carboxylic acid groups (broad SMARTS) is 1. The topological polar surface area (TPSA) is 114 Å².